The van der Waals surface area contributed by atoms with Crippen LogP contribution in [-0.4, -0.2) is 30.6 Å². The van der Waals surface area contributed by atoms with Gasteiger partial charge < -0.3 is 10.4 Å². The van der Waals surface area contributed by atoms with Crippen LogP contribution in [0.5, 0.6) is 0 Å². The molecule has 0 radical (unpaired) electrons. The van der Waals surface area contributed by atoms with Crippen molar-refractivity contribution in [3.8, 4) is 11.1 Å². The lowest BCUT2D eigenvalue weighted by molar-refractivity contribution is -0.246. The lowest BCUT2D eigenvalue weighted by Gasteiger charge is -2.28. The third kappa shape index (κ3) is 4.80. The molecular weight excluding hydrogens is 413 g/mol. The Morgan fingerprint density at radius 2 is 1.78 bits per heavy atom. The Labute approximate surface area is 188 Å². The van der Waals surface area contributed by atoms with Gasteiger partial charge in [0.05, 0.1) is 0 Å². The number of hydrogen-bond acceptors (Lipinski definition) is 3. The largest absolute Gasteiger partial charge is 0.425 e. The number of halogens is 3. The van der Waals surface area contributed by atoms with Crippen LogP contribution in [0.25, 0.3) is 16.7 Å². The van der Waals surface area contributed by atoms with Gasteiger partial charge in [-0.1, -0.05) is 62.0 Å². The number of hydrogen-bond donors (Lipinski definition) is 2. The molecule has 2 aromatic carbocycles. The molecule has 6 heteroatoms. The van der Waals surface area contributed by atoms with Crippen molar-refractivity contribution in [1.82, 2.24) is 5.32 Å². The van der Waals surface area contributed by atoms with Crippen LogP contribution in [0.3, 0.4) is 0 Å². The van der Waals surface area contributed by atoms with Gasteiger partial charge in [0.1, 0.15) is 0 Å². The van der Waals surface area contributed by atoms with E-state index in [2.05, 4.69) is 37.7 Å². The van der Waals surface area contributed by atoms with Crippen molar-refractivity contribution in [2.75, 3.05) is 7.05 Å². The molecule has 3 nitrogen and oxygen atoms in total. The number of alkyl halides is 3. The van der Waals surface area contributed by atoms with Crippen LogP contribution >= 0.6 is 0 Å². The highest BCUT2D eigenvalue weighted by molar-refractivity contribution is 6.13. The van der Waals surface area contributed by atoms with E-state index in [-0.39, 0.29) is 11.1 Å². The Morgan fingerprint density at radius 1 is 1.16 bits per heavy atom. The van der Waals surface area contributed by atoms with Crippen LogP contribution in [0, 0.1) is 0 Å². The summed E-state index contributed by atoms with van der Waals surface area (Å²) in [6.07, 6.45) is -0.403. The normalized spacial score (nSPS) is 17.6. The first-order valence-electron chi connectivity index (χ1n) is 10.6. The van der Waals surface area contributed by atoms with Crippen LogP contribution in [0.15, 0.2) is 65.8 Å². The van der Waals surface area contributed by atoms with Crippen LogP contribution in [0.4, 0.5) is 13.2 Å². The first-order chi connectivity index (χ1) is 15.0. The van der Waals surface area contributed by atoms with Gasteiger partial charge >= 0.3 is 6.18 Å². The number of aliphatic imine (C=N–C) groups is 1. The summed E-state index contributed by atoms with van der Waals surface area (Å²) < 4.78 is 41.3. The van der Waals surface area contributed by atoms with Gasteiger partial charge in [-0.05, 0) is 49.5 Å². The predicted molar refractivity (Wildman–Crippen MR) is 127 cm³/mol. The number of allylic oxidation sites excluding steroid dienone is 3. The molecule has 2 N–H and O–H groups in total. The molecule has 0 aliphatic heterocycles. The number of rotatable bonds is 5. The Hall–Kier alpha value is -2.86. The quantitative estimate of drug-likeness (QED) is 0.519. The first-order valence-corrected chi connectivity index (χ1v) is 10.6. The van der Waals surface area contributed by atoms with Gasteiger partial charge in [-0.15, -0.1) is 0 Å². The van der Waals surface area contributed by atoms with Gasteiger partial charge in [0.25, 0.3) is 0 Å². The number of nitrogens with zero attached hydrogens (tertiary/aromatic N) is 1. The molecule has 1 atom stereocenters. The van der Waals surface area contributed by atoms with E-state index in [1.165, 1.54) is 24.3 Å². The molecule has 1 aliphatic rings. The van der Waals surface area contributed by atoms with Crippen molar-refractivity contribution in [2.45, 2.75) is 51.9 Å². The summed E-state index contributed by atoms with van der Waals surface area (Å²) in [5.41, 5.74) is -0.0326. The molecule has 3 rings (SSSR count). The second kappa shape index (κ2) is 10.2. The van der Waals surface area contributed by atoms with Crippen molar-refractivity contribution in [3.63, 3.8) is 0 Å². The van der Waals surface area contributed by atoms with Gasteiger partial charge in [-0.25, -0.2) is 0 Å². The van der Waals surface area contributed by atoms with E-state index in [0.29, 0.717) is 28.3 Å². The Balaban J connectivity index is 0.000000390. The number of fused-ring (bicyclic) bond motifs is 3. The number of benzene rings is 2. The van der Waals surface area contributed by atoms with Crippen molar-refractivity contribution in [1.29, 1.82) is 0 Å². The van der Waals surface area contributed by atoms with E-state index in [9.17, 15) is 18.3 Å². The Morgan fingerprint density at radius 3 is 2.28 bits per heavy atom. The maximum absolute atomic E-state index is 13.8. The van der Waals surface area contributed by atoms with Gasteiger partial charge in [-0.3, -0.25) is 4.99 Å². The second-order valence-electron chi connectivity index (χ2n) is 7.87. The molecular formula is C26H31F3N2O. The second-order valence-corrected chi connectivity index (χ2v) is 7.87. The maximum Gasteiger partial charge on any atom is 0.425 e. The van der Waals surface area contributed by atoms with E-state index in [4.69, 9.17) is 0 Å². The predicted octanol–water partition coefficient (Wildman–Crippen LogP) is 6.48. The molecule has 0 saturated carbocycles. The summed E-state index contributed by atoms with van der Waals surface area (Å²) in [6, 6.07) is 11.3. The highest BCUT2D eigenvalue weighted by Crippen LogP contribution is 2.56. The van der Waals surface area contributed by atoms with Crippen molar-refractivity contribution < 1.29 is 18.3 Å². The summed E-state index contributed by atoms with van der Waals surface area (Å²) in [4.78, 5) is 3.97. The summed E-state index contributed by atoms with van der Waals surface area (Å²) in [5, 5.41) is 13.9. The number of nitrogens with one attached hydrogen (secondary N) is 1. The third-order valence-electron chi connectivity index (χ3n) is 5.26. The average Bonchev–Trinajstić information content (AvgIpc) is 3.02. The summed E-state index contributed by atoms with van der Waals surface area (Å²) in [7, 11) is 1.60. The molecule has 0 aromatic heterocycles. The lowest BCUT2D eigenvalue weighted by Crippen LogP contribution is -2.41. The SMILES string of the molecule is C/C=C(\C=NC)c1cccc2c1-c1ccccc1C2(O)C(F)(F)F.C=C(CC)NC(C)C. The number of aliphatic hydroxyl groups is 1. The molecule has 1 aliphatic carbocycles. The van der Waals surface area contributed by atoms with Gasteiger partial charge in [0.2, 0.25) is 5.60 Å². The van der Waals surface area contributed by atoms with Crippen LogP contribution < -0.4 is 5.32 Å². The monoisotopic (exact) mass is 444 g/mol. The fourth-order valence-corrected chi connectivity index (χ4v) is 3.80. The van der Waals surface area contributed by atoms with Crippen molar-refractivity contribution >= 4 is 11.8 Å². The standard InChI is InChI=1S/C19H16F3NO.C7H15N/c1-3-12(11-23-2)13-8-6-10-16-17(13)14-7-4-5-9-15(14)18(16,24)19(20,21)22;1-5-7(4)8-6(2)3/h3-11,24H,1-2H3;6,8H,4-5H2,1-3H3/b12-3+,23-11?;. The van der Waals surface area contributed by atoms with Crippen molar-refractivity contribution in [2.24, 2.45) is 4.99 Å². The lowest BCUT2D eigenvalue weighted by atomic mass is 9.89. The topological polar surface area (TPSA) is 44.6 Å². The smallest absolute Gasteiger partial charge is 0.387 e. The molecule has 0 saturated heterocycles. The van der Waals surface area contributed by atoms with E-state index in [1.54, 1.807) is 44.5 Å². The highest BCUT2D eigenvalue weighted by Gasteiger charge is 2.61. The van der Waals surface area contributed by atoms with Gasteiger partial charge in [-0.2, -0.15) is 13.2 Å². The first kappa shape index (κ1) is 25.4. The zero-order valence-electron chi connectivity index (χ0n) is 19.2. The van der Waals surface area contributed by atoms with E-state index in [1.807, 2.05) is 0 Å². The van der Waals surface area contributed by atoms with Crippen LogP contribution in [0.1, 0.15) is 50.8 Å². The van der Waals surface area contributed by atoms with Crippen LogP contribution in [-0.2, 0) is 5.60 Å². The van der Waals surface area contributed by atoms with Crippen LogP contribution in [0.2, 0.25) is 0 Å². The zero-order chi connectivity index (χ0) is 24.1. The minimum absolute atomic E-state index is 0.135. The maximum atomic E-state index is 13.8. The third-order valence-corrected chi connectivity index (χ3v) is 5.26. The van der Waals surface area contributed by atoms with E-state index in [0.717, 1.165) is 12.1 Å². The van der Waals surface area contributed by atoms with E-state index < -0.39 is 11.8 Å². The van der Waals surface area contributed by atoms with E-state index >= 15 is 0 Å². The molecule has 1 unspecified atom stereocenters. The molecule has 0 amide bonds. The molecule has 0 bridgehead atoms. The fraction of sp³-hybridized carbons (Fsp3) is 0.346. The molecule has 2 aromatic rings. The Kier molecular flexibility index (Phi) is 8.07. The molecule has 0 heterocycles. The molecule has 0 fully saturated rings. The van der Waals surface area contributed by atoms with Crippen molar-refractivity contribution in [3.05, 3.63) is 77.5 Å². The Bertz CT molecular complexity index is 1020. The molecule has 172 valence electrons. The minimum Gasteiger partial charge on any atom is -0.387 e. The molecule has 0 spiro atoms. The fourth-order valence-electron chi connectivity index (χ4n) is 3.80. The highest BCUT2D eigenvalue weighted by atomic mass is 19.4. The summed E-state index contributed by atoms with van der Waals surface area (Å²) in [5.74, 6) is 0. The summed E-state index contributed by atoms with van der Waals surface area (Å²) >= 11 is 0. The minimum atomic E-state index is -4.82. The summed E-state index contributed by atoms with van der Waals surface area (Å²) in [6.45, 7) is 11.9. The molecule has 32 heavy (non-hydrogen) atoms. The average molecular weight is 445 g/mol. The zero-order valence-corrected chi connectivity index (χ0v) is 19.2. The van der Waals surface area contributed by atoms with Gasteiger partial charge in [0, 0.05) is 36.1 Å². The van der Waals surface area contributed by atoms with Gasteiger partial charge in [0.15, 0.2) is 0 Å².